The minimum atomic E-state index is 0.404. The summed E-state index contributed by atoms with van der Waals surface area (Å²) >= 11 is 1.67. The van der Waals surface area contributed by atoms with Crippen molar-refractivity contribution in [3.63, 3.8) is 0 Å². The monoisotopic (exact) mass is 531 g/mol. The van der Waals surface area contributed by atoms with Crippen LogP contribution in [0.2, 0.25) is 0 Å². The number of nitrogens with one attached hydrogen (secondary N) is 1. The Labute approximate surface area is 231 Å². The lowest BCUT2D eigenvalue weighted by molar-refractivity contribution is 0.202. The number of rotatable bonds is 6. The van der Waals surface area contributed by atoms with Crippen molar-refractivity contribution in [2.24, 2.45) is 0 Å². The highest BCUT2D eigenvalue weighted by atomic mass is 32.1. The summed E-state index contributed by atoms with van der Waals surface area (Å²) in [6, 6.07) is 25.4. The van der Waals surface area contributed by atoms with Crippen molar-refractivity contribution < 1.29 is 0 Å². The topological polar surface area (TPSA) is 75.0 Å². The molecule has 1 aliphatic rings. The number of piperidine rings is 1. The molecule has 8 heteroatoms. The van der Waals surface area contributed by atoms with Gasteiger partial charge in [0.1, 0.15) is 11.5 Å². The number of H-pyrrole nitrogens is 1. The summed E-state index contributed by atoms with van der Waals surface area (Å²) in [6.45, 7) is 5.02. The van der Waals surface area contributed by atoms with Crippen LogP contribution in [-0.4, -0.2) is 47.5 Å². The van der Waals surface area contributed by atoms with Gasteiger partial charge in [-0.25, -0.2) is 15.0 Å². The number of likely N-dealkylation sites (tertiary alicyclic amines) is 1. The van der Waals surface area contributed by atoms with Gasteiger partial charge in [-0.1, -0.05) is 60.7 Å². The van der Waals surface area contributed by atoms with Gasteiger partial charge in [-0.2, -0.15) is 5.10 Å². The molecule has 0 spiro atoms. The molecule has 1 fully saturated rings. The van der Waals surface area contributed by atoms with Crippen molar-refractivity contribution in [1.82, 2.24) is 34.4 Å². The standard InChI is InChI=1S/C31H29N7S/c1-21-6-5-9-26(32-21)30-34-29(35-36-30)25-14-16-37(17-15-25)20-22-10-12-23(13-11-22)27-28(24-7-3-2-4-8-24)38-18-19-39-31(38)33-27/h2-13,18-19,25H,14-17,20H2,1H3,(H,34,35,36). The van der Waals surface area contributed by atoms with Crippen molar-refractivity contribution in [3.8, 4) is 34.0 Å². The fraction of sp³-hybridized carbons (Fsp3) is 0.226. The Morgan fingerprint density at radius 2 is 1.69 bits per heavy atom. The Balaban J connectivity index is 1.02. The lowest BCUT2D eigenvalue weighted by atomic mass is 9.95. The summed E-state index contributed by atoms with van der Waals surface area (Å²) in [5.41, 5.74) is 7.64. The van der Waals surface area contributed by atoms with Gasteiger partial charge in [-0.05, 0) is 50.6 Å². The Bertz CT molecular complexity index is 1710. The lowest BCUT2D eigenvalue weighted by Gasteiger charge is -2.30. The van der Waals surface area contributed by atoms with Crippen molar-refractivity contribution in [1.29, 1.82) is 0 Å². The summed E-state index contributed by atoms with van der Waals surface area (Å²) in [5, 5.41) is 9.71. The number of aryl methyl sites for hydroxylation is 1. The molecule has 4 aromatic heterocycles. The fourth-order valence-electron chi connectivity index (χ4n) is 5.49. The second kappa shape index (κ2) is 10.2. The van der Waals surface area contributed by atoms with Crippen LogP contribution in [0.5, 0.6) is 0 Å². The molecule has 0 atom stereocenters. The van der Waals surface area contributed by atoms with Crippen LogP contribution >= 0.6 is 11.3 Å². The third-order valence-electron chi connectivity index (χ3n) is 7.54. The molecule has 2 aromatic carbocycles. The van der Waals surface area contributed by atoms with E-state index >= 15 is 0 Å². The molecule has 0 aliphatic carbocycles. The van der Waals surface area contributed by atoms with Gasteiger partial charge in [0.25, 0.3) is 0 Å². The predicted octanol–water partition coefficient (Wildman–Crippen LogP) is 6.60. The highest BCUT2D eigenvalue weighted by Crippen LogP contribution is 2.34. The number of nitrogens with zero attached hydrogens (tertiary/aromatic N) is 6. The second-order valence-corrected chi connectivity index (χ2v) is 11.1. The molecule has 6 aromatic rings. The Morgan fingerprint density at radius 1 is 0.872 bits per heavy atom. The molecule has 5 heterocycles. The van der Waals surface area contributed by atoms with Crippen molar-refractivity contribution in [2.45, 2.75) is 32.2 Å². The lowest BCUT2D eigenvalue weighted by Crippen LogP contribution is -2.32. The maximum absolute atomic E-state index is 4.98. The van der Waals surface area contributed by atoms with E-state index in [0.29, 0.717) is 11.7 Å². The van der Waals surface area contributed by atoms with Crippen LogP contribution in [0.25, 0.3) is 39.0 Å². The van der Waals surface area contributed by atoms with E-state index in [4.69, 9.17) is 9.97 Å². The third kappa shape index (κ3) is 4.77. The van der Waals surface area contributed by atoms with Gasteiger partial charge in [-0.15, -0.1) is 11.3 Å². The highest BCUT2D eigenvalue weighted by molar-refractivity contribution is 7.15. The molecule has 0 amide bonds. The van der Waals surface area contributed by atoms with Crippen molar-refractivity contribution in [3.05, 3.63) is 101 Å². The van der Waals surface area contributed by atoms with Gasteiger partial charge in [0.2, 0.25) is 0 Å². The van der Waals surface area contributed by atoms with Crippen LogP contribution in [0.4, 0.5) is 0 Å². The summed E-state index contributed by atoms with van der Waals surface area (Å²) in [4.78, 5) is 17.9. The first-order valence-electron chi connectivity index (χ1n) is 13.4. The highest BCUT2D eigenvalue weighted by Gasteiger charge is 2.24. The summed E-state index contributed by atoms with van der Waals surface area (Å²) in [5.74, 6) is 2.07. The average molecular weight is 532 g/mol. The molecule has 1 N–H and O–H groups in total. The van der Waals surface area contributed by atoms with Gasteiger partial charge in [0.15, 0.2) is 10.8 Å². The zero-order valence-electron chi connectivity index (χ0n) is 21.8. The number of aromatic amines is 1. The molecule has 194 valence electrons. The minimum absolute atomic E-state index is 0.404. The number of hydrogen-bond acceptors (Lipinski definition) is 6. The minimum Gasteiger partial charge on any atom is -0.299 e. The quantitative estimate of drug-likeness (QED) is 0.262. The maximum atomic E-state index is 4.98. The van der Waals surface area contributed by atoms with E-state index in [9.17, 15) is 0 Å². The Morgan fingerprint density at radius 3 is 2.49 bits per heavy atom. The first kappa shape index (κ1) is 23.9. The van der Waals surface area contributed by atoms with Gasteiger partial charge < -0.3 is 0 Å². The number of aromatic nitrogens is 6. The van der Waals surface area contributed by atoms with Crippen LogP contribution in [-0.2, 0) is 6.54 Å². The third-order valence-corrected chi connectivity index (χ3v) is 8.29. The summed E-state index contributed by atoms with van der Waals surface area (Å²) in [6.07, 6.45) is 4.25. The van der Waals surface area contributed by atoms with Crippen LogP contribution in [0, 0.1) is 6.92 Å². The maximum Gasteiger partial charge on any atom is 0.199 e. The van der Waals surface area contributed by atoms with Crippen LogP contribution < -0.4 is 0 Å². The van der Waals surface area contributed by atoms with Gasteiger partial charge in [0.05, 0.1) is 11.4 Å². The SMILES string of the molecule is Cc1cccc(-c2n[nH]c(C3CCN(Cc4ccc(-c5nc6sccn6c5-c5ccccc5)cc4)CC3)n2)n1. The Kier molecular flexibility index (Phi) is 6.26. The Hall–Kier alpha value is -4.14. The average Bonchev–Trinajstić information content (AvgIpc) is 3.71. The molecule has 1 aliphatic heterocycles. The molecule has 0 radical (unpaired) electrons. The zero-order valence-corrected chi connectivity index (χ0v) is 22.6. The van der Waals surface area contributed by atoms with E-state index in [0.717, 1.165) is 71.6 Å². The number of hydrogen-bond donors (Lipinski definition) is 1. The molecule has 7 rings (SSSR count). The normalized spacial score (nSPS) is 14.8. The fourth-order valence-corrected chi connectivity index (χ4v) is 6.20. The second-order valence-electron chi connectivity index (χ2n) is 10.2. The van der Waals surface area contributed by atoms with E-state index in [-0.39, 0.29) is 0 Å². The van der Waals surface area contributed by atoms with E-state index in [1.807, 2.05) is 25.1 Å². The molecular formula is C31H29N7S. The molecule has 0 bridgehead atoms. The van der Waals surface area contributed by atoms with Crippen LogP contribution in [0.3, 0.4) is 0 Å². The van der Waals surface area contributed by atoms with Crippen LogP contribution in [0.1, 0.15) is 35.8 Å². The van der Waals surface area contributed by atoms with Crippen LogP contribution in [0.15, 0.2) is 84.4 Å². The number of imidazole rings is 1. The number of benzene rings is 2. The summed E-state index contributed by atoms with van der Waals surface area (Å²) < 4.78 is 2.20. The van der Waals surface area contributed by atoms with E-state index < -0.39 is 0 Å². The first-order chi connectivity index (χ1) is 19.2. The molecule has 0 saturated carbocycles. The zero-order chi connectivity index (χ0) is 26.2. The van der Waals surface area contributed by atoms with Crippen molar-refractivity contribution >= 4 is 16.3 Å². The van der Waals surface area contributed by atoms with Gasteiger partial charge in [-0.3, -0.25) is 14.4 Å². The molecule has 7 nitrogen and oxygen atoms in total. The number of pyridine rings is 1. The molecule has 39 heavy (non-hydrogen) atoms. The first-order valence-corrected chi connectivity index (χ1v) is 14.3. The largest absolute Gasteiger partial charge is 0.299 e. The van der Waals surface area contributed by atoms with E-state index in [2.05, 4.69) is 90.7 Å². The van der Waals surface area contributed by atoms with E-state index in [1.54, 1.807) is 11.3 Å². The number of fused-ring (bicyclic) bond motifs is 1. The van der Waals surface area contributed by atoms with E-state index in [1.165, 1.54) is 11.1 Å². The molecular weight excluding hydrogens is 502 g/mol. The summed E-state index contributed by atoms with van der Waals surface area (Å²) in [7, 11) is 0. The van der Waals surface area contributed by atoms with Crippen molar-refractivity contribution in [2.75, 3.05) is 13.1 Å². The predicted molar refractivity (Wildman–Crippen MR) is 156 cm³/mol. The molecule has 0 unspecified atom stereocenters. The smallest absolute Gasteiger partial charge is 0.199 e. The van der Waals surface area contributed by atoms with Gasteiger partial charge in [0, 0.05) is 40.9 Å². The van der Waals surface area contributed by atoms with Gasteiger partial charge >= 0.3 is 0 Å². The molecule has 1 saturated heterocycles. The number of thiazole rings is 1.